The van der Waals surface area contributed by atoms with Gasteiger partial charge in [0.1, 0.15) is 0 Å². The van der Waals surface area contributed by atoms with E-state index in [4.69, 9.17) is 0 Å². The van der Waals surface area contributed by atoms with Gasteiger partial charge in [-0.2, -0.15) is 0 Å². The fraction of sp³-hybridized carbons (Fsp3) is 1.00. The molecule has 0 radical (unpaired) electrons. The highest BCUT2D eigenvalue weighted by molar-refractivity contribution is 7.89. The Balaban J connectivity index is 2.35. The molecule has 0 aromatic carbocycles. The summed E-state index contributed by atoms with van der Waals surface area (Å²) >= 11 is 0. The van der Waals surface area contributed by atoms with E-state index < -0.39 is 10.0 Å². The minimum Gasteiger partial charge on any atom is -0.317 e. The molecule has 5 heteroatoms. The molecule has 0 unspecified atom stereocenters. The first-order valence-corrected chi connectivity index (χ1v) is 7.40. The van der Waals surface area contributed by atoms with Crippen molar-refractivity contribution in [3.8, 4) is 0 Å². The second-order valence-corrected chi connectivity index (χ2v) is 6.15. The zero-order valence-corrected chi connectivity index (χ0v) is 10.4. The van der Waals surface area contributed by atoms with E-state index in [9.17, 15) is 8.42 Å². The van der Waals surface area contributed by atoms with Crippen LogP contribution in [0.15, 0.2) is 0 Å². The Hall–Kier alpha value is -0.130. The minimum absolute atomic E-state index is 0.158. The molecule has 0 aromatic heterocycles. The lowest BCUT2D eigenvalue weighted by Crippen LogP contribution is -2.42. The van der Waals surface area contributed by atoms with Crippen molar-refractivity contribution in [2.24, 2.45) is 0 Å². The van der Waals surface area contributed by atoms with Crippen LogP contribution in [0.1, 0.15) is 39.0 Å². The Morgan fingerprint density at radius 3 is 2.13 bits per heavy atom. The summed E-state index contributed by atoms with van der Waals surface area (Å²) in [5.74, 6) is 0.249. The third-order valence-electron chi connectivity index (χ3n) is 2.95. The molecule has 0 bridgehead atoms. The summed E-state index contributed by atoms with van der Waals surface area (Å²) in [7, 11) is -1.06. The number of hydrogen-bond donors (Lipinski definition) is 2. The first-order valence-electron chi connectivity index (χ1n) is 5.74. The molecule has 1 aliphatic rings. The fourth-order valence-corrected chi connectivity index (χ4v) is 3.48. The molecular weight excluding hydrogens is 212 g/mol. The highest BCUT2D eigenvalue weighted by atomic mass is 32.2. The van der Waals surface area contributed by atoms with Gasteiger partial charge in [-0.15, -0.1) is 0 Å². The molecule has 0 heterocycles. The first-order chi connectivity index (χ1) is 7.07. The van der Waals surface area contributed by atoms with Crippen molar-refractivity contribution >= 4 is 10.0 Å². The van der Waals surface area contributed by atoms with Crippen molar-refractivity contribution in [1.29, 1.82) is 0 Å². The van der Waals surface area contributed by atoms with E-state index in [1.807, 2.05) is 14.0 Å². The van der Waals surface area contributed by atoms with Gasteiger partial charge in [-0.3, -0.25) is 0 Å². The van der Waals surface area contributed by atoms with Crippen LogP contribution in [-0.2, 0) is 10.0 Å². The molecule has 0 saturated heterocycles. The summed E-state index contributed by atoms with van der Waals surface area (Å²) in [6, 6.07) is 0.725. The normalized spacial score (nSPS) is 27.9. The lowest BCUT2D eigenvalue weighted by atomic mass is 9.92. The molecule has 1 rings (SSSR count). The Kier molecular flexibility index (Phi) is 5.02. The molecule has 1 saturated carbocycles. The zero-order chi connectivity index (χ0) is 11.3. The van der Waals surface area contributed by atoms with Crippen LogP contribution in [0.5, 0.6) is 0 Å². The van der Waals surface area contributed by atoms with Gasteiger partial charge < -0.3 is 5.32 Å². The van der Waals surface area contributed by atoms with Crippen LogP contribution in [-0.4, -0.2) is 33.3 Å². The Morgan fingerprint density at radius 1 is 1.13 bits per heavy atom. The van der Waals surface area contributed by atoms with Crippen molar-refractivity contribution in [2.75, 3.05) is 12.8 Å². The van der Waals surface area contributed by atoms with Gasteiger partial charge in [0.25, 0.3) is 0 Å². The molecule has 0 spiro atoms. The van der Waals surface area contributed by atoms with E-state index in [1.165, 1.54) is 0 Å². The highest BCUT2D eigenvalue weighted by Crippen LogP contribution is 2.18. The van der Waals surface area contributed by atoms with E-state index >= 15 is 0 Å². The maximum absolute atomic E-state index is 11.5. The predicted octanol–water partition coefficient (Wildman–Crippen LogP) is 0.846. The lowest BCUT2D eigenvalue weighted by Gasteiger charge is -2.28. The van der Waals surface area contributed by atoms with Crippen molar-refractivity contribution < 1.29 is 8.42 Å². The fourth-order valence-electron chi connectivity index (χ4n) is 2.08. The second kappa shape index (κ2) is 5.82. The number of sulfonamides is 1. The Bertz CT molecular complexity index is 269. The summed E-state index contributed by atoms with van der Waals surface area (Å²) in [6.07, 6.45) is 4.72. The maximum atomic E-state index is 11.5. The summed E-state index contributed by atoms with van der Waals surface area (Å²) in [5, 5.41) is 3.24. The SMILES string of the molecule is CCCS(=O)(=O)NC1CCC(NC)CC1. The van der Waals surface area contributed by atoms with Gasteiger partial charge in [-0.1, -0.05) is 6.92 Å². The summed E-state index contributed by atoms with van der Waals surface area (Å²) in [4.78, 5) is 0. The predicted molar refractivity (Wildman–Crippen MR) is 62.3 cm³/mol. The molecule has 2 N–H and O–H groups in total. The third kappa shape index (κ3) is 4.49. The van der Waals surface area contributed by atoms with Crippen LogP contribution in [0.2, 0.25) is 0 Å². The van der Waals surface area contributed by atoms with Crippen molar-refractivity contribution in [2.45, 2.75) is 51.1 Å². The van der Waals surface area contributed by atoms with Crippen LogP contribution < -0.4 is 10.0 Å². The van der Waals surface area contributed by atoms with E-state index in [0.29, 0.717) is 12.5 Å². The molecule has 0 aliphatic heterocycles. The summed E-state index contributed by atoms with van der Waals surface area (Å²) < 4.78 is 25.8. The Morgan fingerprint density at radius 2 is 1.67 bits per heavy atom. The lowest BCUT2D eigenvalue weighted by molar-refractivity contribution is 0.343. The van der Waals surface area contributed by atoms with Gasteiger partial charge in [0, 0.05) is 12.1 Å². The summed E-state index contributed by atoms with van der Waals surface area (Å²) in [5.41, 5.74) is 0. The highest BCUT2D eigenvalue weighted by Gasteiger charge is 2.23. The number of nitrogens with one attached hydrogen (secondary N) is 2. The van der Waals surface area contributed by atoms with Crippen molar-refractivity contribution in [3.05, 3.63) is 0 Å². The van der Waals surface area contributed by atoms with Gasteiger partial charge in [-0.25, -0.2) is 13.1 Å². The van der Waals surface area contributed by atoms with Gasteiger partial charge in [0.15, 0.2) is 0 Å². The van der Waals surface area contributed by atoms with Crippen molar-refractivity contribution in [1.82, 2.24) is 10.0 Å². The topological polar surface area (TPSA) is 58.2 Å². The van der Waals surface area contributed by atoms with E-state index in [-0.39, 0.29) is 11.8 Å². The van der Waals surface area contributed by atoms with E-state index in [2.05, 4.69) is 10.0 Å². The van der Waals surface area contributed by atoms with Gasteiger partial charge >= 0.3 is 0 Å². The molecular formula is C10H22N2O2S. The Labute approximate surface area is 92.9 Å². The second-order valence-electron chi connectivity index (χ2n) is 4.27. The molecule has 15 heavy (non-hydrogen) atoms. The molecule has 0 aromatic rings. The van der Waals surface area contributed by atoms with Crippen LogP contribution in [0.3, 0.4) is 0 Å². The molecule has 0 amide bonds. The van der Waals surface area contributed by atoms with Crippen LogP contribution in [0, 0.1) is 0 Å². The average molecular weight is 234 g/mol. The molecule has 0 atom stereocenters. The van der Waals surface area contributed by atoms with Crippen LogP contribution in [0.4, 0.5) is 0 Å². The summed E-state index contributed by atoms with van der Waals surface area (Å²) in [6.45, 7) is 1.89. The molecule has 4 nitrogen and oxygen atoms in total. The monoisotopic (exact) mass is 234 g/mol. The standard InChI is InChI=1S/C10H22N2O2S/c1-3-8-15(13,14)12-10-6-4-9(11-2)5-7-10/h9-12H,3-8H2,1-2H3. The first kappa shape index (κ1) is 12.9. The third-order valence-corrected chi connectivity index (χ3v) is 4.59. The quantitative estimate of drug-likeness (QED) is 0.741. The van der Waals surface area contributed by atoms with Gasteiger partial charge in [-0.05, 0) is 39.2 Å². The molecule has 1 fully saturated rings. The number of hydrogen-bond acceptors (Lipinski definition) is 3. The number of rotatable bonds is 5. The zero-order valence-electron chi connectivity index (χ0n) is 9.62. The molecule has 1 aliphatic carbocycles. The van der Waals surface area contributed by atoms with Gasteiger partial charge in [0.05, 0.1) is 5.75 Å². The average Bonchev–Trinajstić information content (AvgIpc) is 2.18. The van der Waals surface area contributed by atoms with E-state index in [1.54, 1.807) is 0 Å². The van der Waals surface area contributed by atoms with E-state index in [0.717, 1.165) is 25.7 Å². The van der Waals surface area contributed by atoms with Gasteiger partial charge in [0.2, 0.25) is 10.0 Å². The largest absolute Gasteiger partial charge is 0.317 e. The maximum Gasteiger partial charge on any atom is 0.211 e. The smallest absolute Gasteiger partial charge is 0.211 e. The van der Waals surface area contributed by atoms with Crippen LogP contribution >= 0.6 is 0 Å². The molecule has 90 valence electrons. The van der Waals surface area contributed by atoms with Crippen LogP contribution in [0.25, 0.3) is 0 Å². The minimum atomic E-state index is -3.03. The van der Waals surface area contributed by atoms with Crippen molar-refractivity contribution in [3.63, 3.8) is 0 Å².